The van der Waals surface area contributed by atoms with E-state index in [0.717, 1.165) is 5.92 Å². The highest BCUT2D eigenvalue weighted by molar-refractivity contribution is 4.80. The predicted octanol–water partition coefficient (Wildman–Crippen LogP) is 2.28. The maximum Gasteiger partial charge on any atom is 0.0125 e. The summed E-state index contributed by atoms with van der Waals surface area (Å²) in [5.74, 6) is 0.906. The molecule has 1 unspecified atom stereocenters. The summed E-state index contributed by atoms with van der Waals surface area (Å²) in [6.07, 6.45) is 3.98. The number of hydrogen-bond donors (Lipinski definition) is 1. The molecular weight excluding hydrogens is 234 g/mol. The van der Waals surface area contributed by atoms with E-state index in [1.54, 1.807) is 0 Å². The van der Waals surface area contributed by atoms with E-state index in [1.807, 2.05) is 0 Å². The first-order chi connectivity index (χ1) is 8.82. The van der Waals surface area contributed by atoms with Gasteiger partial charge in [-0.3, -0.25) is 0 Å². The molecule has 1 heterocycles. The molecular formula is C16H35N3. The van der Waals surface area contributed by atoms with Gasteiger partial charge in [0.15, 0.2) is 0 Å². The molecule has 0 aromatic heterocycles. The lowest BCUT2D eigenvalue weighted by atomic mass is 9.85. The smallest absolute Gasteiger partial charge is 0.0125 e. The largest absolute Gasteiger partial charge is 0.316 e. The van der Waals surface area contributed by atoms with Crippen LogP contribution < -0.4 is 5.32 Å². The van der Waals surface area contributed by atoms with Crippen LogP contribution in [0.2, 0.25) is 0 Å². The normalized spacial score (nSPS) is 21.0. The van der Waals surface area contributed by atoms with E-state index in [2.05, 4.69) is 57.0 Å². The topological polar surface area (TPSA) is 18.5 Å². The third-order valence-electron chi connectivity index (χ3n) is 4.60. The van der Waals surface area contributed by atoms with Crippen LogP contribution in [-0.4, -0.2) is 63.2 Å². The Kier molecular flexibility index (Phi) is 6.78. The quantitative estimate of drug-likeness (QED) is 0.798. The van der Waals surface area contributed by atoms with Crippen LogP contribution in [0, 0.1) is 11.3 Å². The first-order valence-corrected chi connectivity index (χ1v) is 7.87. The molecule has 0 aromatic carbocycles. The van der Waals surface area contributed by atoms with Crippen molar-refractivity contribution < 1.29 is 0 Å². The summed E-state index contributed by atoms with van der Waals surface area (Å²) in [6, 6.07) is 0.604. The Morgan fingerprint density at radius 1 is 1.26 bits per heavy atom. The van der Waals surface area contributed by atoms with Gasteiger partial charge in [0.1, 0.15) is 0 Å². The van der Waals surface area contributed by atoms with Crippen molar-refractivity contribution in [2.24, 2.45) is 11.3 Å². The van der Waals surface area contributed by atoms with Gasteiger partial charge < -0.3 is 15.1 Å². The lowest BCUT2D eigenvalue weighted by Crippen LogP contribution is -2.41. The average Bonchev–Trinajstić information content (AvgIpc) is 2.31. The molecule has 0 amide bonds. The third kappa shape index (κ3) is 6.24. The summed E-state index contributed by atoms with van der Waals surface area (Å²) in [6.45, 7) is 12.0. The highest BCUT2D eigenvalue weighted by Gasteiger charge is 2.23. The molecule has 1 rings (SSSR count). The van der Waals surface area contributed by atoms with Crippen molar-refractivity contribution >= 4 is 0 Å². The molecule has 0 radical (unpaired) electrons. The second kappa shape index (κ2) is 7.61. The maximum absolute atomic E-state index is 3.47. The average molecular weight is 269 g/mol. The van der Waals surface area contributed by atoms with E-state index in [4.69, 9.17) is 0 Å². The summed E-state index contributed by atoms with van der Waals surface area (Å²) in [7, 11) is 6.61. The second-order valence-electron chi connectivity index (χ2n) is 7.50. The fourth-order valence-corrected chi connectivity index (χ4v) is 3.14. The van der Waals surface area contributed by atoms with Gasteiger partial charge in [-0.05, 0) is 71.4 Å². The van der Waals surface area contributed by atoms with E-state index in [9.17, 15) is 0 Å². The van der Waals surface area contributed by atoms with Gasteiger partial charge in [-0.25, -0.2) is 0 Å². The van der Waals surface area contributed by atoms with Gasteiger partial charge in [0.25, 0.3) is 0 Å². The fourth-order valence-electron chi connectivity index (χ4n) is 3.14. The van der Waals surface area contributed by atoms with Crippen molar-refractivity contribution in [3.8, 4) is 0 Å². The summed E-state index contributed by atoms with van der Waals surface area (Å²) in [4.78, 5) is 4.99. The van der Waals surface area contributed by atoms with E-state index < -0.39 is 0 Å². The number of likely N-dealkylation sites (tertiary alicyclic amines) is 1. The zero-order chi connectivity index (χ0) is 14.5. The SMILES string of the molecule is CNC(CCN(C)CC1CCN(C)CC1)C(C)(C)C. The summed E-state index contributed by atoms with van der Waals surface area (Å²) >= 11 is 0. The Morgan fingerprint density at radius 2 is 1.84 bits per heavy atom. The van der Waals surface area contributed by atoms with Gasteiger partial charge in [-0.1, -0.05) is 20.8 Å². The molecule has 3 nitrogen and oxygen atoms in total. The standard InChI is InChI=1S/C16H35N3/c1-16(2,3)15(17-4)9-12-19(6)13-14-7-10-18(5)11-8-14/h14-15,17H,7-13H2,1-6H3. The van der Waals surface area contributed by atoms with Gasteiger partial charge in [0, 0.05) is 12.6 Å². The van der Waals surface area contributed by atoms with Crippen molar-refractivity contribution in [1.29, 1.82) is 0 Å². The van der Waals surface area contributed by atoms with Crippen molar-refractivity contribution in [2.75, 3.05) is 47.3 Å². The molecule has 3 heteroatoms. The molecule has 0 spiro atoms. The van der Waals surface area contributed by atoms with E-state index in [1.165, 1.54) is 45.4 Å². The Hall–Kier alpha value is -0.120. The van der Waals surface area contributed by atoms with E-state index in [0.29, 0.717) is 11.5 Å². The molecule has 0 aromatic rings. The molecule has 1 atom stereocenters. The lowest BCUT2D eigenvalue weighted by molar-refractivity contribution is 0.165. The number of nitrogens with zero attached hydrogens (tertiary/aromatic N) is 2. The van der Waals surface area contributed by atoms with Crippen molar-refractivity contribution in [1.82, 2.24) is 15.1 Å². The molecule has 114 valence electrons. The Morgan fingerprint density at radius 3 is 2.32 bits per heavy atom. The molecule has 1 fully saturated rings. The number of rotatable bonds is 6. The highest BCUT2D eigenvalue weighted by atomic mass is 15.1. The summed E-state index contributed by atoms with van der Waals surface area (Å²) < 4.78 is 0. The number of nitrogens with one attached hydrogen (secondary N) is 1. The third-order valence-corrected chi connectivity index (χ3v) is 4.60. The van der Waals surface area contributed by atoms with Crippen LogP contribution in [0.15, 0.2) is 0 Å². The van der Waals surface area contributed by atoms with Crippen LogP contribution in [-0.2, 0) is 0 Å². The molecule has 0 bridgehead atoms. The maximum atomic E-state index is 3.47. The van der Waals surface area contributed by atoms with Crippen LogP contribution in [0.3, 0.4) is 0 Å². The van der Waals surface area contributed by atoms with Gasteiger partial charge in [0.2, 0.25) is 0 Å². The van der Waals surface area contributed by atoms with Crippen LogP contribution in [0.25, 0.3) is 0 Å². The zero-order valence-corrected chi connectivity index (χ0v) is 14.0. The minimum atomic E-state index is 0.350. The van der Waals surface area contributed by atoms with Gasteiger partial charge in [0.05, 0.1) is 0 Å². The van der Waals surface area contributed by atoms with Crippen molar-refractivity contribution in [2.45, 2.75) is 46.1 Å². The number of hydrogen-bond acceptors (Lipinski definition) is 3. The minimum Gasteiger partial charge on any atom is -0.316 e. The first kappa shape index (κ1) is 16.9. The minimum absolute atomic E-state index is 0.350. The monoisotopic (exact) mass is 269 g/mol. The van der Waals surface area contributed by atoms with Crippen LogP contribution in [0.5, 0.6) is 0 Å². The molecule has 19 heavy (non-hydrogen) atoms. The summed E-state index contributed by atoms with van der Waals surface area (Å²) in [5.41, 5.74) is 0.350. The molecule has 1 aliphatic heterocycles. The van der Waals surface area contributed by atoms with E-state index in [-0.39, 0.29) is 0 Å². The predicted molar refractivity (Wildman–Crippen MR) is 84.6 cm³/mol. The van der Waals surface area contributed by atoms with Gasteiger partial charge >= 0.3 is 0 Å². The van der Waals surface area contributed by atoms with Crippen LogP contribution in [0.4, 0.5) is 0 Å². The van der Waals surface area contributed by atoms with Crippen molar-refractivity contribution in [3.05, 3.63) is 0 Å². The zero-order valence-electron chi connectivity index (χ0n) is 14.0. The molecule has 1 aliphatic rings. The lowest BCUT2D eigenvalue weighted by Gasteiger charge is -2.34. The van der Waals surface area contributed by atoms with E-state index >= 15 is 0 Å². The Labute approximate surface area is 120 Å². The first-order valence-electron chi connectivity index (χ1n) is 7.87. The Balaban J connectivity index is 2.25. The molecule has 1 saturated heterocycles. The molecule has 0 aliphatic carbocycles. The van der Waals surface area contributed by atoms with Crippen LogP contribution in [0.1, 0.15) is 40.0 Å². The van der Waals surface area contributed by atoms with Crippen LogP contribution >= 0.6 is 0 Å². The number of piperidine rings is 1. The Bertz CT molecular complexity index is 239. The fraction of sp³-hybridized carbons (Fsp3) is 1.00. The summed E-state index contributed by atoms with van der Waals surface area (Å²) in [5, 5.41) is 3.47. The highest BCUT2D eigenvalue weighted by Crippen LogP contribution is 2.22. The van der Waals surface area contributed by atoms with Gasteiger partial charge in [-0.15, -0.1) is 0 Å². The van der Waals surface area contributed by atoms with Gasteiger partial charge in [-0.2, -0.15) is 0 Å². The molecule has 1 N–H and O–H groups in total. The molecule has 0 saturated carbocycles. The second-order valence-corrected chi connectivity index (χ2v) is 7.50. The van der Waals surface area contributed by atoms with Crippen molar-refractivity contribution in [3.63, 3.8) is 0 Å².